The molecule has 0 saturated heterocycles. The number of aromatic nitrogens is 1. The summed E-state index contributed by atoms with van der Waals surface area (Å²) in [5.41, 5.74) is 1.44. The average Bonchev–Trinajstić information content (AvgIpc) is 2.63. The molecule has 0 fully saturated rings. The van der Waals surface area contributed by atoms with Gasteiger partial charge in [-0.15, -0.1) is 0 Å². The quantitative estimate of drug-likeness (QED) is 0.539. The molecule has 0 amide bonds. The third kappa shape index (κ3) is 3.28. The molecule has 0 aliphatic carbocycles. The fraction of sp³-hybridized carbons (Fsp3) is 0.100. The molecule has 0 aliphatic rings. The molecule has 3 aromatic rings. The second kappa shape index (κ2) is 7.23. The Hall–Kier alpha value is -2.72. The van der Waals surface area contributed by atoms with Crippen LogP contribution in [0.2, 0.25) is 0 Å². The molecule has 0 N–H and O–H groups in total. The van der Waals surface area contributed by atoms with Crippen LogP contribution >= 0.6 is 0 Å². The van der Waals surface area contributed by atoms with Crippen LogP contribution in [-0.2, 0) is 4.74 Å². The number of ether oxygens (including phenoxy) is 1. The number of carbonyl (C=O) groups excluding carboxylic acids is 1. The maximum atomic E-state index is 12.3. The molecule has 119 valence electrons. The lowest BCUT2D eigenvalue weighted by Gasteiger charge is -2.18. The summed E-state index contributed by atoms with van der Waals surface area (Å²) in [6.07, 6.45) is 0. The Bertz CT molecular complexity index is 795. The summed E-state index contributed by atoms with van der Waals surface area (Å²) >= 11 is 0. The maximum Gasteiger partial charge on any atom is 0.339 e. The van der Waals surface area contributed by atoms with Crippen LogP contribution in [0, 0.1) is 6.92 Å². The van der Waals surface area contributed by atoms with Gasteiger partial charge in [-0.25, -0.2) is 4.79 Å². The zero-order valence-corrected chi connectivity index (χ0v) is 14.7. The highest BCUT2D eigenvalue weighted by molar-refractivity contribution is 6.95. The van der Waals surface area contributed by atoms with Crippen LogP contribution in [0.3, 0.4) is 0 Å². The summed E-state index contributed by atoms with van der Waals surface area (Å²) in [6.45, 7) is 1.94. The second-order valence-electron chi connectivity index (χ2n) is 5.45. The number of hydrogen-bond donors (Lipinski definition) is 0. The van der Waals surface area contributed by atoms with E-state index in [0.29, 0.717) is 5.56 Å². The van der Waals surface area contributed by atoms with Crippen molar-refractivity contribution in [1.29, 1.82) is 0 Å². The van der Waals surface area contributed by atoms with Gasteiger partial charge in [0.15, 0.2) is 8.80 Å². The number of aryl methyl sites for hydroxylation is 1. The lowest BCUT2D eigenvalue weighted by molar-refractivity contribution is 0.0602. The molecule has 0 aliphatic heterocycles. The topological polar surface area (TPSA) is 39.2 Å². The standard InChI is InChI=1S/C20H18NO2Si/c1-15-13-14-18(20(22)23-2)19(21-15)24(16-9-5-3-6-10-16)17-11-7-4-8-12-17/h3-14H,1-2H3. The lowest BCUT2D eigenvalue weighted by Crippen LogP contribution is -2.55. The van der Waals surface area contributed by atoms with Gasteiger partial charge in [0.2, 0.25) is 0 Å². The minimum Gasteiger partial charge on any atom is -0.465 e. The van der Waals surface area contributed by atoms with E-state index in [1.54, 1.807) is 0 Å². The molecular formula is C20H18NO2Si. The zero-order valence-electron chi connectivity index (χ0n) is 13.7. The van der Waals surface area contributed by atoms with Crippen molar-refractivity contribution in [3.63, 3.8) is 0 Å². The van der Waals surface area contributed by atoms with E-state index in [-0.39, 0.29) is 5.97 Å². The summed E-state index contributed by atoms with van der Waals surface area (Å²) in [6, 6.07) is 24.2. The largest absolute Gasteiger partial charge is 0.465 e. The van der Waals surface area contributed by atoms with Crippen molar-refractivity contribution in [2.24, 2.45) is 0 Å². The first-order valence-electron chi connectivity index (χ1n) is 7.75. The highest BCUT2D eigenvalue weighted by Gasteiger charge is 2.26. The summed E-state index contributed by atoms with van der Waals surface area (Å²) in [5, 5.41) is 3.21. The molecular weight excluding hydrogens is 314 g/mol. The number of methoxy groups -OCH3 is 1. The highest BCUT2D eigenvalue weighted by atomic mass is 28.3. The SMILES string of the molecule is COC(=O)c1ccc(C)nc1[Si](c1ccccc1)c1ccccc1. The van der Waals surface area contributed by atoms with Crippen LogP contribution in [0.1, 0.15) is 16.1 Å². The Balaban J connectivity index is 2.24. The number of carbonyl (C=O) groups is 1. The highest BCUT2D eigenvalue weighted by Crippen LogP contribution is 2.03. The van der Waals surface area contributed by atoms with E-state index in [9.17, 15) is 4.79 Å². The Labute approximate surface area is 143 Å². The molecule has 0 atom stereocenters. The van der Waals surface area contributed by atoms with Crippen LogP contribution in [0.25, 0.3) is 0 Å². The Morgan fingerprint density at radius 2 is 1.42 bits per heavy atom. The van der Waals surface area contributed by atoms with E-state index in [0.717, 1.165) is 11.0 Å². The van der Waals surface area contributed by atoms with Crippen molar-refractivity contribution in [1.82, 2.24) is 4.98 Å². The van der Waals surface area contributed by atoms with Crippen LogP contribution < -0.4 is 15.7 Å². The van der Waals surface area contributed by atoms with Gasteiger partial charge < -0.3 is 4.74 Å². The first kappa shape index (κ1) is 16.1. The van der Waals surface area contributed by atoms with Crippen molar-refractivity contribution >= 4 is 30.5 Å². The number of esters is 1. The molecule has 3 rings (SSSR count). The minimum absolute atomic E-state index is 0.341. The summed E-state index contributed by atoms with van der Waals surface area (Å²) < 4.78 is 4.98. The molecule has 24 heavy (non-hydrogen) atoms. The Morgan fingerprint density at radius 3 is 1.92 bits per heavy atom. The normalized spacial score (nSPS) is 10.6. The summed E-state index contributed by atoms with van der Waals surface area (Å²) in [4.78, 5) is 17.0. The number of rotatable bonds is 4. The number of hydrogen-bond acceptors (Lipinski definition) is 3. The molecule has 1 aromatic heterocycles. The third-order valence-corrected chi connectivity index (χ3v) is 6.48. The van der Waals surface area contributed by atoms with Gasteiger partial charge in [0.1, 0.15) is 0 Å². The molecule has 4 heteroatoms. The maximum absolute atomic E-state index is 12.3. The second-order valence-corrected chi connectivity index (χ2v) is 7.83. The van der Waals surface area contributed by atoms with Crippen LogP contribution in [0.4, 0.5) is 0 Å². The van der Waals surface area contributed by atoms with Gasteiger partial charge in [-0.1, -0.05) is 60.7 Å². The van der Waals surface area contributed by atoms with Crippen LogP contribution in [0.5, 0.6) is 0 Å². The molecule has 0 spiro atoms. The van der Waals surface area contributed by atoms with E-state index >= 15 is 0 Å². The monoisotopic (exact) mass is 332 g/mol. The van der Waals surface area contributed by atoms with Crippen molar-refractivity contribution in [3.8, 4) is 0 Å². The molecule has 1 radical (unpaired) electrons. The number of nitrogens with zero attached hydrogens (tertiary/aromatic N) is 1. The molecule has 0 unspecified atom stereocenters. The summed E-state index contributed by atoms with van der Waals surface area (Å²) in [5.74, 6) is -0.341. The average molecular weight is 332 g/mol. The van der Waals surface area contributed by atoms with E-state index < -0.39 is 8.80 Å². The predicted octanol–water partition coefficient (Wildman–Crippen LogP) is 1.69. The molecule has 0 bridgehead atoms. The van der Waals surface area contributed by atoms with Crippen LogP contribution in [-0.4, -0.2) is 26.9 Å². The molecule has 3 nitrogen and oxygen atoms in total. The zero-order chi connectivity index (χ0) is 16.9. The number of benzene rings is 2. The van der Waals surface area contributed by atoms with E-state index in [1.807, 2.05) is 55.5 Å². The van der Waals surface area contributed by atoms with Gasteiger partial charge in [0.05, 0.1) is 12.7 Å². The van der Waals surface area contributed by atoms with Crippen molar-refractivity contribution in [2.75, 3.05) is 7.11 Å². The van der Waals surface area contributed by atoms with E-state index in [4.69, 9.17) is 9.72 Å². The lowest BCUT2D eigenvalue weighted by atomic mass is 10.2. The first-order chi connectivity index (χ1) is 11.7. The summed E-state index contributed by atoms with van der Waals surface area (Å²) in [7, 11) is 0.0106. The van der Waals surface area contributed by atoms with Gasteiger partial charge in [-0.3, -0.25) is 4.98 Å². The van der Waals surface area contributed by atoms with Gasteiger partial charge in [0.25, 0.3) is 0 Å². The van der Waals surface area contributed by atoms with E-state index in [2.05, 4.69) is 24.3 Å². The van der Waals surface area contributed by atoms with Crippen molar-refractivity contribution in [2.45, 2.75) is 6.92 Å². The predicted molar refractivity (Wildman–Crippen MR) is 97.9 cm³/mol. The van der Waals surface area contributed by atoms with Crippen molar-refractivity contribution < 1.29 is 9.53 Å². The van der Waals surface area contributed by atoms with Gasteiger partial charge in [0, 0.05) is 11.0 Å². The van der Waals surface area contributed by atoms with E-state index in [1.165, 1.54) is 17.5 Å². The Morgan fingerprint density at radius 1 is 0.875 bits per heavy atom. The number of pyridine rings is 1. The van der Waals surface area contributed by atoms with Crippen molar-refractivity contribution in [3.05, 3.63) is 84.1 Å². The minimum atomic E-state index is -1.40. The fourth-order valence-corrected chi connectivity index (χ4v) is 5.35. The molecule has 2 aromatic carbocycles. The van der Waals surface area contributed by atoms with Gasteiger partial charge >= 0.3 is 5.97 Å². The fourth-order valence-electron chi connectivity index (χ4n) is 2.67. The Kier molecular flexibility index (Phi) is 4.87. The molecule has 0 saturated carbocycles. The van der Waals surface area contributed by atoms with Gasteiger partial charge in [-0.05, 0) is 29.4 Å². The van der Waals surface area contributed by atoms with Gasteiger partial charge in [-0.2, -0.15) is 0 Å². The first-order valence-corrected chi connectivity index (χ1v) is 9.25. The van der Waals surface area contributed by atoms with Crippen LogP contribution in [0.15, 0.2) is 72.8 Å². The third-order valence-electron chi connectivity index (χ3n) is 3.80. The smallest absolute Gasteiger partial charge is 0.339 e. The molecule has 1 heterocycles.